The van der Waals surface area contributed by atoms with Crippen molar-refractivity contribution in [3.8, 4) is 10.6 Å². The zero-order valence-electron chi connectivity index (χ0n) is 10.4. The fourth-order valence-electron chi connectivity index (χ4n) is 1.94. The Bertz CT molecular complexity index is 545. The Morgan fingerprint density at radius 2 is 2.37 bits per heavy atom. The van der Waals surface area contributed by atoms with Crippen molar-refractivity contribution >= 4 is 28.6 Å². The number of aromatic nitrogens is 1. The molecule has 3 rings (SSSR count). The molecule has 19 heavy (non-hydrogen) atoms. The number of hydroxylamine groups is 2. The standard InChI is InChI=1S/C13H14N2O2S2/c16-12(15-4-1-2-5-17-15)7-11-9-19-13(14-11)10-3-6-18-8-10/h3,6,8-9H,1-2,4-5,7H2. The average Bonchev–Trinajstić information content (AvgIpc) is 3.10. The van der Waals surface area contributed by atoms with Gasteiger partial charge in [0.1, 0.15) is 5.01 Å². The third kappa shape index (κ3) is 3.02. The van der Waals surface area contributed by atoms with E-state index in [1.54, 1.807) is 22.7 Å². The molecule has 1 fully saturated rings. The zero-order chi connectivity index (χ0) is 13.1. The lowest BCUT2D eigenvalue weighted by atomic mass is 10.2. The van der Waals surface area contributed by atoms with Gasteiger partial charge in [-0.25, -0.2) is 10.0 Å². The minimum Gasteiger partial charge on any atom is -0.272 e. The number of hydrogen-bond acceptors (Lipinski definition) is 5. The third-order valence-electron chi connectivity index (χ3n) is 2.93. The fraction of sp³-hybridized carbons (Fsp3) is 0.385. The minimum absolute atomic E-state index is 0.00173. The smallest absolute Gasteiger partial charge is 0.252 e. The SMILES string of the molecule is O=C(Cc1csc(-c2ccsc2)n1)N1CCCCO1. The Kier molecular flexibility index (Phi) is 3.91. The fourth-order valence-corrected chi connectivity index (χ4v) is 3.48. The van der Waals surface area contributed by atoms with Gasteiger partial charge in [0.05, 0.1) is 18.7 Å². The molecule has 0 N–H and O–H groups in total. The highest BCUT2D eigenvalue weighted by molar-refractivity contribution is 7.14. The number of rotatable bonds is 3. The summed E-state index contributed by atoms with van der Waals surface area (Å²) in [7, 11) is 0. The Labute approximate surface area is 119 Å². The van der Waals surface area contributed by atoms with Crippen molar-refractivity contribution < 1.29 is 9.63 Å². The van der Waals surface area contributed by atoms with E-state index in [4.69, 9.17) is 4.84 Å². The van der Waals surface area contributed by atoms with Crippen LogP contribution in [0.25, 0.3) is 10.6 Å². The molecular formula is C13H14N2O2S2. The van der Waals surface area contributed by atoms with Crippen LogP contribution in [0.3, 0.4) is 0 Å². The van der Waals surface area contributed by atoms with E-state index in [1.165, 1.54) is 5.06 Å². The van der Waals surface area contributed by atoms with Gasteiger partial charge in [-0.2, -0.15) is 11.3 Å². The molecule has 2 aromatic rings. The first-order valence-corrected chi connectivity index (χ1v) is 8.05. The number of nitrogens with zero attached hydrogens (tertiary/aromatic N) is 2. The van der Waals surface area contributed by atoms with Gasteiger partial charge in [-0.1, -0.05) is 0 Å². The van der Waals surface area contributed by atoms with Crippen molar-refractivity contribution in [3.05, 3.63) is 27.9 Å². The summed E-state index contributed by atoms with van der Waals surface area (Å²) >= 11 is 3.23. The van der Waals surface area contributed by atoms with E-state index >= 15 is 0 Å². The molecule has 0 spiro atoms. The van der Waals surface area contributed by atoms with Crippen LogP contribution < -0.4 is 0 Å². The van der Waals surface area contributed by atoms with Crippen LogP contribution >= 0.6 is 22.7 Å². The van der Waals surface area contributed by atoms with Gasteiger partial charge in [-0.15, -0.1) is 11.3 Å². The van der Waals surface area contributed by atoms with Crippen molar-refractivity contribution in [3.63, 3.8) is 0 Å². The summed E-state index contributed by atoms with van der Waals surface area (Å²) in [6.45, 7) is 1.34. The molecule has 1 aliphatic rings. The predicted molar refractivity (Wildman–Crippen MR) is 76.0 cm³/mol. The average molecular weight is 294 g/mol. The molecule has 100 valence electrons. The molecule has 0 bridgehead atoms. The highest BCUT2D eigenvalue weighted by Crippen LogP contribution is 2.26. The van der Waals surface area contributed by atoms with E-state index in [0.29, 0.717) is 19.6 Å². The van der Waals surface area contributed by atoms with Crippen molar-refractivity contribution in [1.29, 1.82) is 0 Å². The minimum atomic E-state index is 0.00173. The van der Waals surface area contributed by atoms with Crippen molar-refractivity contribution in [2.45, 2.75) is 19.3 Å². The van der Waals surface area contributed by atoms with Gasteiger partial charge in [-0.05, 0) is 24.3 Å². The van der Waals surface area contributed by atoms with E-state index in [9.17, 15) is 4.79 Å². The van der Waals surface area contributed by atoms with Crippen LogP contribution in [0.15, 0.2) is 22.2 Å². The van der Waals surface area contributed by atoms with Gasteiger partial charge in [0.25, 0.3) is 5.91 Å². The van der Waals surface area contributed by atoms with E-state index in [0.717, 1.165) is 29.1 Å². The summed E-state index contributed by atoms with van der Waals surface area (Å²) in [5, 5.41) is 8.51. The first kappa shape index (κ1) is 12.8. The molecule has 0 aliphatic carbocycles. The normalized spacial score (nSPS) is 15.7. The van der Waals surface area contributed by atoms with E-state index in [-0.39, 0.29) is 5.91 Å². The summed E-state index contributed by atoms with van der Waals surface area (Å²) in [6, 6.07) is 2.04. The zero-order valence-corrected chi connectivity index (χ0v) is 12.0. The van der Waals surface area contributed by atoms with Crippen molar-refractivity contribution in [2.75, 3.05) is 13.2 Å². The van der Waals surface area contributed by atoms with Gasteiger partial charge < -0.3 is 0 Å². The topological polar surface area (TPSA) is 42.4 Å². The number of hydrogen-bond donors (Lipinski definition) is 0. The monoisotopic (exact) mass is 294 g/mol. The van der Waals surface area contributed by atoms with Gasteiger partial charge >= 0.3 is 0 Å². The highest BCUT2D eigenvalue weighted by Gasteiger charge is 2.19. The lowest BCUT2D eigenvalue weighted by Crippen LogP contribution is -2.36. The van der Waals surface area contributed by atoms with E-state index in [1.807, 2.05) is 16.8 Å². The van der Waals surface area contributed by atoms with Crippen LogP contribution in [-0.4, -0.2) is 29.1 Å². The molecular weight excluding hydrogens is 280 g/mol. The Hall–Kier alpha value is -1.24. The summed E-state index contributed by atoms with van der Waals surface area (Å²) in [6.07, 6.45) is 2.37. The van der Waals surface area contributed by atoms with Crippen LogP contribution in [0.2, 0.25) is 0 Å². The van der Waals surface area contributed by atoms with Crippen molar-refractivity contribution in [2.24, 2.45) is 0 Å². The molecule has 1 amide bonds. The quantitative estimate of drug-likeness (QED) is 0.874. The lowest BCUT2D eigenvalue weighted by Gasteiger charge is -2.25. The van der Waals surface area contributed by atoms with Gasteiger partial charge in [0.2, 0.25) is 0 Å². The maximum atomic E-state index is 12.0. The summed E-state index contributed by atoms with van der Waals surface area (Å²) in [5.74, 6) is 0.00173. The van der Waals surface area contributed by atoms with E-state index in [2.05, 4.69) is 10.4 Å². The van der Waals surface area contributed by atoms with Gasteiger partial charge in [0, 0.05) is 22.9 Å². The molecule has 4 nitrogen and oxygen atoms in total. The summed E-state index contributed by atoms with van der Waals surface area (Å²) in [4.78, 5) is 21.9. The molecule has 1 aliphatic heterocycles. The van der Waals surface area contributed by atoms with Gasteiger partial charge in [-0.3, -0.25) is 9.63 Å². The molecule has 0 radical (unpaired) electrons. The summed E-state index contributed by atoms with van der Waals surface area (Å²) < 4.78 is 0. The number of carbonyl (C=O) groups excluding carboxylic acids is 1. The molecule has 6 heteroatoms. The molecule has 0 saturated carbocycles. The maximum absolute atomic E-state index is 12.0. The Morgan fingerprint density at radius 1 is 1.42 bits per heavy atom. The van der Waals surface area contributed by atoms with Crippen LogP contribution in [0, 0.1) is 0 Å². The van der Waals surface area contributed by atoms with Crippen molar-refractivity contribution in [1.82, 2.24) is 10.0 Å². The first-order chi connectivity index (χ1) is 9.33. The molecule has 0 atom stereocenters. The van der Waals surface area contributed by atoms with Crippen LogP contribution in [0.1, 0.15) is 18.5 Å². The first-order valence-electron chi connectivity index (χ1n) is 6.23. The highest BCUT2D eigenvalue weighted by atomic mass is 32.1. The van der Waals surface area contributed by atoms with Crippen LogP contribution in [-0.2, 0) is 16.1 Å². The third-order valence-corrected chi connectivity index (χ3v) is 4.56. The van der Waals surface area contributed by atoms with Gasteiger partial charge in [0.15, 0.2) is 0 Å². The van der Waals surface area contributed by atoms with E-state index < -0.39 is 0 Å². The Balaban J connectivity index is 1.65. The number of thiophene rings is 1. The summed E-state index contributed by atoms with van der Waals surface area (Å²) in [5.41, 5.74) is 1.95. The largest absolute Gasteiger partial charge is 0.272 e. The molecule has 2 aromatic heterocycles. The number of thiazole rings is 1. The predicted octanol–water partition coefficient (Wildman–Crippen LogP) is 2.97. The Morgan fingerprint density at radius 3 is 3.11 bits per heavy atom. The lowest BCUT2D eigenvalue weighted by molar-refractivity contribution is -0.196. The second-order valence-electron chi connectivity index (χ2n) is 4.37. The molecule has 0 aromatic carbocycles. The van der Waals surface area contributed by atoms with Crippen LogP contribution in [0.5, 0.6) is 0 Å². The second kappa shape index (κ2) is 5.81. The molecule has 1 saturated heterocycles. The second-order valence-corrected chi connectivity index (χ2v) is 6.01. The molecule has 0 unspecified atom stereocenters. The maximum Gasteiger partial charge on any atom is 0.252 e. The number of carbonyl (C=O) groups is 1. The number of amides is 1. The molecule has 3 heterocycles. The van der Waals surface area contributed by atoms with Crippen LogP contribution in [0.4, 0.5) is 0 Å².